The van der Waals surface area contributed by atoms with Crippen LogP contribution in [0.1, 0.15) is 128 Å². The van der Waals surface area contributed by atoms with Crippen molar-refractivity contribution in [1.29, 1.82) is 0 Å². The van der Waals surface area contributed by atoms with Crippen molar-refractivity contribution in [3.8, 4) is 57.5 Å². The number of nitrogens with zero attached hydrogens (tertiary/aromatic N) is 8. The summed E-state index contributed by atoms with van der Waals surface area (Å²) in [6.07, 6.45) is 20.7. The maximum Gasteiger partial charge on any atom is 0.176 e. The lowest BCUT2D eigenvalue weighted by molar-refractivity contribution is 0.0927. The Morgan fingerprint density at radius 1 is 0.321 bits per heavy atom. The van der Waals surface area contributed by atoms with Crippen LogP contribution >= 0.6 is 0 Å². The van der Waals surface area contributed by atoms with E-state index in [0.29, 0.717) is 124 Å². The Kier molecular flexibility index (Phi) is 30.0. The smallest absolute Gasteiger partial charge is 0.176 e. The summed E-state index contributed by atoms with van der Waals surface area (Å²) in [5, 5.41) is 56.9. The summed E-state index contributed by atoms with van der Waals surface area (Å²) in [5.74, 6) is 6.86. The molecule has 3 aromatic heterocycles. The van der Waals surface area contributed by atoms with Crippen molar-refractivity contribution in [3.63, 3.8) is 0 Å². The number of aromatic nitrogens is 3. The van der Waals surface area contributed by atoms with Crippen LogP contribution in [0, 0.1) is 96.3 Å². The van der Waals surface area contributed by atoms with Gasteiger partial charge >= 0.3 is 0 Å². The topological polar surface area (TPSA) is 291 Å². The number of phenolic OH excluding ortho intramolecular Hbond substituents is 5. The Balaban J connectivity index is 0.000000120. The van der Waals surface area contributed by atoms with Gasteiger partial charge in [-0.15, -0.1) is 0 Å². The lowest BCUT2D eigenvalue weighted by Gasteiger charge is -2.22. The van der Waals surface area contributed by atoms with Crippen LogP contribution in [0.5, 0.6) is 57.5 Å². The number of aliphatic hydroxyl groups excluding tert-OH is 1. The van der Waals surface area contributed by atoms with E-state index >= 15 is 0 Å². The van der Waals surface area contributed by atoms with E-state index in [2.05, 4.69) is 39.5 Å². The number of aryl methyl sites for hydroxylation is 2. The van der Waals surface area contributed by atoms with Crippen molar-refractivity contribution < 1.29 is 91.1 Å². The van der Waals surface area contributed by atoms with Gasteiger partial charge in [0.15, 0.2) is 46.3 Å². The zero-order valence-corrected chi connectivity index (χ0v) is 73.6. The summed E-state index contributed by atoms with van der Waals surface area (Å²) in [4.78, 5) is 72.8. The minimum Gasteiger partial charge on any atom is -0.508 e. The predicted octanol–water partition coefficient (Wildman–Crippen LogP) is 16.0. The van der Waals surface area contributed by atoms with Gasteiger partial charge in [0, 0.05) is 125 Å². The molecule has 131 heavy (non-hydrogen) atoms. The molecule has 27 heteroatoms. The quantitative estimate of drug-likeness (QED) is 0.0229. The largest absolute Gasteiger partial charge is 0.508 e. The number of fused-ring (bicyclic) bond motifs is 5. The number of ether oxygens (including phenoxy) is 5. The highest BCUT2D eigenvalue weighted by atomic mass is 19.1. The van der Waals surface area contributed by atoms with E-state index < -0.39 is 29.2 Å². The lowest BCUT2D eigenvalue weighted by atomic mass is 10.0. The molecule has 23 nitrogen and oxygen atoms in total. The highest BCUT2D eigenvalue weighted by Gasteiger charge is 2.47. The van der Waals surface area contributed by atoms with E-state index in [1.807, 2.05) is 48.5 Å². The van der Waals surface area contributed by atoms with Gasteiger partial charge in [-0.05, 0) is 300 Å². The van der Waals surface area contributed by atoms with Crippen molar-refractivity contribution in [2.75, 3.05) is 98.2 Å². The van der Waals surface area contributed by atoms with E-state index in [1.165, 1.54) is 36.4 Å². The van der Waals surface area contributed by atoms with Gasteiger partial charge in [-0.2, -0.15) is 0 Å². The Bertz CT molecular complexity index is 5320. The summed E-state index contributed by atoms with van der Waals surface area (Å²) >= 11 is 0. The number of β-amino-alcohol motifs (C(OH)–C–C–N with tert-alkyl or cyclic N) is 1. The maximum atomic E-state index is 13.7. The van der Waals surface area contributed by atoms with Gasteiger partial charge in [0.1, 0.15) is 57.6 Å². The molecular weight excluding hydrogens is 1680 g/mol. The number of hydrogen-bond donors (Lipinski definition) is 6. The molecule has 10 fully saturated rings. The number of carbonyl (C=O) groups is 4. The first kappa shape index (κ1) is 92.4. The number of hydrogen-bond acceptors (Lipinski definition) is 23. The molecule has 6 unspecified atom stereocenters. The number of ketones is 4. The lowest BCUT2D eigenvalue weighted by Crippen LogP contribution is -2.30. The number of halogens is 4. The number of phenols is 5. The zero-order chi connectivity index (χ0) is 91.3. The molecule has 0 radical (unpaired) electrons. The summed E-state index contributed by atoms with van der Waals surface area (Å²) in [6.45, 7) is 14.6. The molecule has 0 amide bonds. The molecule has 7 aromatic carbocycles. The van der Waals surface area contributed by atoms with E-state index in [4.69, 9.17) is 23.7 Å². The van der Waals surface area contributed by atoms with Crippen LogP contribution in [-0.4, -0.2) is 222 Å². The van der Waals surface area contributed by atoms with E-state index in [9.17, 15) is 67.4 Å². The van der Waals surface area contributed by atoms with Crippen molar-refractivity contribution >= 4 is 23.1 Å². The molecule has 16 atom stereocenters. The Hall–Kier alpha value is -11.9. The van der Waals surface area contributed by atoms with Gasteiger partial charge in [-0.25, -0.2) is 17.6 Å². The van der Waals surface area contributed by atoms with Crippen LogP contribution in [0.2, 0.25) is 0 Å². The van der Waals surface area contributed by atoms with Gasteiger partial charge in [0.2, 0.25) is 0 Å². The van der Waals surface area contributed by atoms with Gasteiger partial charge < -0.3 is 54.3 Å². The molecule has 5 aliphatic carbocycles. The molecule has 5 aliphatic heterocycles. The summed E-state index contributed by atoms with van der Waals surface area (Å²) in [6, 6.07) is 48.8. The highest BCUT2D eigenvalue weighted by Crippen LogP contribution is 2.46. The first-order valence-corrected chi connectivity index (χ1v) is 45.6. The number of aliphatic hydroxyl groups is 1. The second-order valence-electron chi connectivity index (χ2n) is 37.3. The number of likely N-dealkylation sites (tertiary alicyclic amines) is 5. The fourth-order valence-corrected chi connectivity index (χ4v) is 21.2. The van der Waals surface area contributed by atoms with Gasteiger partial charge in [0.05, 0.1) is 81.4 Å². The molecule has 0 spiro atoms. The minimum absolute atomic E-state index is 0.0814. The van der Waals surface area contributed by atoms with Crippen LogP contribution in [-0.2, 0) is 0 Å². The zero-order valence-electron chi connectivity index (χ0n) is 73.6. The Morgan fingerprint density at radius 3 is 0.847 bits per heavy atom. The van der Waals surface area contributed by atoms with Crippen LogP contribution in [0.15, 0.2) is 219 Å². The van der Waals surface area contributed by atoms with Crippen LogP contribution < -0.4 is 23.7 Å². The molecule has 688 valence electrons. The SMILES string of the molecule is Cc1ccc(OC2C[C@@H]3CN(CC(=O)c4ccc(O)cc4)C[C@@H]3C2)cc1F.Cc1ccc(OC2C[C@@H]3CN(CC(O)c4ccc(O)cc4)C[C@@H]3C2)cc1F.O=C(CN1C[C@H]2CC(Oc3cccnc3)C[C@H]2C1)c1ccc(O)c(F)c1.O=C(CN1C[C@H]2CC(Oc3cccnc3)C[C@H]2C1)c1ccc(O)c(F)c1.O=C(CN1C[C@H]2CC(Oc3cccnc3)C[C@H]2C1)c1ccc(O)cc1. The Labute approximate surface area is 760 Å². The first-order chi connectivity index (χ1) is 63.3. The Morgan fingerprint density at radius 2 is 0.580 bits per heavy atom. The average Bonchev–Trinajstić information content (AvgIpc) is 1.67. The number of benzene rings is 7. The van der Waals surface area contributed by atoms with Crippen LogP contribution in [0.3, 0.4) is 0 Å². The standard InChI is InChI=1S/C22H26FNO3.C22H24FNO3.2C20H21FN2O3.C20H22N2O3/c2*1-14-2-7-19(10-21(14)23)27-20-8-16-11-24(12-17(16)9-20)13-22(26)15-3-5-18(25)6-4-15;2*21-18-8-13(3-4-19(18)24)20(25)12-23-10-14-6-17(7-15(14)11-23)26-16-2-1-5-22-9-16;23-17-5-3-14(4-6-17)20(24)13-22-11-15-8-19(9-16(15)12-22)25-18-2-1-7-21-10-18/h2-7,10,16-17,20,22,25-26H,8-9,11-13H2,1H3;2-7,10,16-17,20,25H,8-9,11-13H2,1H3;2*1-5,8-9,14-15,17,24H,6-7,10-12H2;1-7,10,15-16,19,23H,8-9,11-13H2/t16-,17+,20?,22?;16-,17+,20?;2*14-,15+,17?;15-,16+,19?. The third kappa shape index (κ3) is 24.7. The first-order valence-electron chi connectivity index (χ1n) is 45.6. The molecule has 10 aromatic rings. The van der Waals surface area contributed by atoms with Gasteiger partial charge in [-0.1, -0.05) is 24.3 Å². The van der Waals surface area contributed by atoms with Crippen molar-refractivity contribution in [3.05, 3.63) is 281 Å². The fraction of sp³-hybridized carbons (Fsp3) is 0.413. The maximum absolute atomic E-state index is 13.7. The van der Waals surface area contributed by atoms with E-state index in [1.54, 1.807) is 136 Å². The molecule has 6 N–H and O–H groups in total. The third-order valence-corrected chi connectivity index (χ3v) is 27.7. The van der Waals surface area contributed by atoms with E-state index in [0.717, 1.165) is 165 Å². The number of rotatable bonds is 25. The van der Waals surface area contributed by atoms with Crippen molar-refractivity contribution in [2.24, 2.45) is 59.2 Å². The molecule has 10 aliphatic rings. The second kappa shape index (κ2) is 42.6. The van der Waals surface area contributed by atoms with Crippen molar-refractivity contribution in [2.45, 2.75) is 115 Å². The van der Waals surface area contributed by atoms with Crippen LogP contribution in [0.4, 0.5) is 17.6 Å². The molecule has 5 saturated heterocycles. The summed E-state index contributed by atoms with van der Waals surface area (Å²) in [7, 11) is 0. The number of aromatic hydroxyl groups is 5. The van der Waals surface area contributed by atoms with Crippen molar-refractivity contribution in [1.82, 2.24) is 39.5 Å². The van der Waals surface area contributed by atoms with Gasteiger partial charge in [0.25, 0.3) is 0 Å². The van der Waals surface area contributed by atoms with E-state index in [-0.39, 0.29) is 95.6 Å². The average molecular weight is 1790 g/mol. The highest BCUT2D eigenvalue weighted by molar-refractivity contribution is 5.99. The number of carbonyl (C=O) groups excluding carboxylic acids is 4. The molecule has 5 saturated carbocycles. The molecule has 8 heterocycles. The number of pyridine rings is 3. The predicted molar refractivity (Wildman–Crippen MR) is 483 cm³/mol. The second-order valence-corrected chi connectivity index (χ2v) is 37.3. The summed E-state index contributed by atoms with van der Waals surface area (Å²) in [5.41, 5.74) is 3.98. The molecule has 20 rings (SSSR count). The minimum atomic E-state index is -0.760. The summed E-state index contributed by atoms with van der Waals surface area (Å²) < 4.78 is 84.3. The third-order valence-electron chi connectivity index (χ3n) is 27.7. The number of Topliss-reactive ketones (excluding diaryl/α,β-unsaturated/α-hetero) is 4. The van der Waals surface area contributed by atoms with Gasteiger partial charge in [-0.3, -0.25) is 58.6 Å². The molecule has 0 bridgehead atoms. The van der Waals surface area contributed by atoms with Crippen LogP contribution in [0.25, 0.3) is 0 Å². The fourth-order valence-electron chi connectivity index (χ4n) is 21.2. The molecular formula is C104H114F4N8O15. The monoisotopic (exact) mass is 1790 g/mol. The normalized spacial score (nSPS) is 25.4.